The van der Waals surface area contributed by atoms with Crippen LogP contribution in [0.4, 0.5) is 0 Å². The molecule has 6 nitrogen and oxygen atoms in total. The van der Waals surface area contributed by atoms with Crippen LogP contribution in [0.1, 0.15) is 50.0 Å². The third kappa shape index (κ3) is 2.96. The molecule has 0 amide bonds. The quantitative estimate of drug-likeness (QED) is 0.889. The Morgan fingerprint density at radius 1 is 1.42 bits per heavy atom. The van der Waals surface area contributed by atoms with Gasteiger partial charge in [-0.2, -0.15) is 4.98 Å². The van der Waals surface area contributed by atoms with Gasteiger partial charge in [0.05, 0.1) is 12.6 Å². The molecule has 2 aliphatic heterocycles. The van der Waals surface area contributed by atoms with E-state index in [1.807, 2.05) is 0 Å². The molecule has 19 heavy (non-hydrogen) atoms. The summed E-state index contributed by atoms with van der Waals surface area (Å²) in [5, 5.41) is 7.53. The number of rotatable bonds is 3. The maximum atomic E-state index is 5.75. The standard InChI is InChI=1S/C13H22N4O2/c1-2-17-7-8-18-11(9-17)12-15-13(19-16-12)10-5-3-4-6-14-10/h10-11,14H,2-9H2,1H3. The summed E-state index contributed by atoms with van der Waals surface area (Å²) in [5.41, 5.74) is 0. The first kappa shape index (κ1) is 13.0. The van der Waals surface area contributed by atoms with Gasteiger partial charge in [-0.3, -0.25) is 4.90 Å². The monoisotopic (exact) mass is 266 g/mol. The van der Waals surface area contributed by atoms with Crippen LogP contribution >= 0.6 is 0 Å². The Labute approximate surface area is 113 Å². The lowest BCUT2D eigenvalue weighted by Gasteiger charge is -2.30. The summed E-state index contributed by atoms with van der Waals surface area (Å²) in [5.74, 6) is 1.41. The maximum Gasteiger partial charge on any atom is 0.243 e. The van der Waals surface area contributed by atoms with E-state index < -0.39 is 0 Å². The van der Waals surface area contributed by atoms with Crippen molar-refractivity contribution in [1.82, 2.24) is 20.4 Å². The fourth-order valence-electron chi connectivity index (χ4n) is 2.73. The molecule has 3 heterocycles. The van der Waals surface area contributed by atoms with Crippen LogP contribution < -0.4 is 5.32 Å². The van der Waals surface area contributed by atoms with Gasteiger partial charge in [0.15, 0.2) is 0 Å². The van der Waals surface area contributed by atoms with Crippen molar-refractivity contribution in [3.63, 3.8) is 0 Å². The second kappa shape index (κ2) is 5.98. The Kier molecular flexibility index (Phi) is 4.10. The van der Waals surface area contributed by atoms with Gasteiger partial charge in [-0.15, -0.1) is 0 Å². The van der Waals surface area contributed by atoms with Gasteiger partial charge in [0.25, 0.3) is 0 Å². The molecule has 0 aromatic carbocycles. The zero-order chi connectivity index (χ0) is 13.1. The van der Waals surface area contributed by atoms with Gasteiger partial charge in [0, 0.05) is 13.1 Å². The van der Waals surface area contributed by atoms with Gasteiger partial charge < -0.3 is 14.6 Å². The van der Waals surface area contributed by atoms with Crippen molar-refractivity contribution < 1.29 is 9.26 Å². The molecule has 106 valence electrons. The minimum Gasteiger partial charge on any atom is -0.367 e. The zero-order valence-electron chi connectivity index (χ0n) is 11.5. The Bertz CT molecular complexity index is 403. The first-order chi connectivity index (χ1) is 9.36. The molecular weight excluding hydrogens is 244 g/mol. The van der Waals surface area contributed by atoms with Crippen molar-refractivity contribution in [3.05, 3.63) is 11.7 Å². The molecule has 2 unspecified atom stereocenters. The largest absolute Gasteiger partial charge is 0.367 e. The summed E-state index contributed by atoms with van der Waals surface area (Å²) in [6.45, 7) is 6.82. The number of ether oxygens (including phenoxy) is 1. The van der Waals surface area contributed by atoms with Crippen molar-refractivity contribution in [3.8, 4) is 0 Å². The van der Waals surface area contributed by atoms with Crippen LogP contribution in [0.3, 0.4) is 0 Å². The molecule has 0 radical (unpaired) electrons. The highest BCUT2D eigenvalue weighted by atomic mass is 16.5. The van der Waals surface area contributed by atoms with Crippen molar-refractivity contribution in [1.29, 1.82) is 0 Å². The molecular formula is C13H22N4O2. The molecule has 0 bridgehead atoms. The van der Waals surface area contributed by atoms with E-state index >= 15 is 0 Å². The molecule has 0 spiro atoms. The van der Waals surface area contributed by atoms with Crippen molar-refractivity contribution in [2.24, 2.45) is 0 Å². The van der Waals surface area contributed by atoms with E-state index in [1.54, 1.807) is 0 Å². The lowest BCUT2D eigenvalue weighted by Crippen LogP contribution is -2.38. The summed E-state index contributed by atoms with van der Waals surface area (Å²) in [6, 6.07) is 0.223. The molecule has 2 aliphatic rings. The van der Waals surface area contributed by atoms with Crippen LogP contribution in [0.5, 0.6) is 0 Å². The van der Waals surface area contributed by atoms with E-state index in [2.05, 4.69) is 27.3 Å². The second-order valence-corrected chi connectivity index (χ2v) is 5.25. The molecule has 0 saturated carbocycles. The molecule has 2 saturated heterocycles. The molecule has 1 aromatic rings. The average Bonchev–Trinajstić information content (AvgIpc) is 2.98. The normalized spacial score (nSPS) is 29.5. The number of hydrogen-bond donors (Lipinski definition) is 1. The van der Waals surface area contributed by atoms with Gasteiger partial charge in [0.2, 0.25) is 11.7 Å². The third-order valence-electron chi connectivity index (χ3n) is 3.95. The Hall–Kier alpha value is -0.980. The highest BCUT2D eigenvalue weighted by molar-refractivity contribution is 4.98. The van der Waals surface area contributed by atoms with Crippen LogP contribution in [0.2, 0.25) is 0 Å². The smallest absolute Gasteiger partial charge is 0.243 e. The minimum absolute atomic E-state index is 0.0465. The highest BCUT2D eigenvalue weighted by Crippen LogP contribution is 2.24. The summed E-state index contributed by atoms with van der Waals surface area (Å²) >= 11 is 0. The van der Waals surface area contributed by atoms with Gasteiger partial charge in [0.1, 0.15) is 6.10 Å². The van der Waals surface area contributed by atoms with Gasteiger partial charge in [-0.05, 0) is 25.9 Å². The SMILES string of the molecule is CCN1CCOC(c2noc(C3CCCCN3)n2)C1. The number of nitrogens with one attached hydrogen (secondary N) is 1. The van der Waals surface area contributed by atoms with Gasteiger partial charge in [-0.25, -0.2) is 0 Å². The zero-order valence-corrected chi connectivity index (χ0v) is 11.5. The fraction of sp³-hybridized carbons (Fsp3) is 0.846. The minimum atomic E-state index is -0.0465. The maximum absolute atomic E-state index is 5.75. The molecule has 3 rings (SSSR count). The number of piperidine rings is 1. The van der Waals surface area contributed by atoms with Crippen LogP contribution in [0.15, 0.2) is 4.52 Å². The summed E-state index contributed by atoms with van der Waals surface area (Å²) in [6.07, 6.45) is 3.48. The van der Waals surface area contributed by atoms with Crippen molar-refractivity contribution in [2.45, 2.75) is 38.3 Å². The molecule has 2 atom stereocenters. The summed E-state index contributed by atoms with van der Waals surface area (Å²) in [7, 11) is 0. The third-order valence-corrected chi connectivity index (χ3v) is 3.95. The average molecular weight is 266 g/mol. The van der Waals surface area contributed by atoms with Crippen molar-refractivity contribution >= 4 is 0 Å². The molecule has 0 aliphatic carbocycles. The fourth-order valence-corrected chi connectivity index (χ4v) is 2.73. The Morgan fingerprint density at radius 3 is 3.16 bits per heavy atom. The summed E-state index contributed by atoms with van der Waals surface area (Å²) < 4.78 is 11.2. The predicted octanol–water partition coefficient (Wildman–Crippen LogP) is 1.28. The number of aromatic nitrogens is 2. The van der Waals surface area contributed by atoms with E-state index in [0.29, 0.717) is 11.7 Å². The first-order valence-electron chi connectivity index (χ1n) is 7.27. The molecule has 1 N–H and O–H groups in total. The Balaban J connectivity index is 1.66. The van der Waals surface area contributed by atoms with Crippen LogP contribution in [0, 0.1) is 0 Å². The van der Waals surface area contributed by atoms with Crippen LogP contribution in [0.25, 0.3) is 0 Å². The lowest BCUT2D eigenvalue weighted by atomic mass is 10.1. The molecule has 6 heteroatoms. The van der Waals surface area contributed by atoms with Crippen LogP contribution in [-0.4, -0.2) is 47.8 Å². The second-order valence-electron chi connectivity index (χ2n) is 5.25. The van der Waals surface area contributed by atoms with Gasteiger partial charge >= 0.3 is 0 Å². The molecule has 1 aromatic heterocycles. The van der Waals surface area contributed by atoms with E-state index in [4.69, 9.17) is 9.26 Å². The Morgan fingerprint density at radius 2 is 2.37 bits per heavy atom. The predicted molar refractivity (Wildman–Crippen MR) is 69.7 cm³/mol. The lowest BCUT2D eigenvalue weighted by molar-refractivity contribution is -0.0334. The summed E-state index contributed by atoms with van der Waals surface area (Å²) in [4.78, 5) is 6.88. The number of nitrogens with zero attached hydrogens (tertiary/aromatic N) is 3. The highest BCUT2D eigenvalue weighted by Gasteiger charge is 2.27. The van der Waals surface area contributed by atoms with E-state index in [9.17, 15) is 0 Å². The number of hydrogen-bond acceptors (Lipinski definition) is 6. The van der Waals surface area contributed by atoms with Crippen molar-refractivity contribution in [2.75, 3.05) is 32.8 Å². The topological polar surface area (TPSA) is 63.4 Å². The molecule has 2 fully saturated rings. The van der Waals surface area contributed by atoms with E-state index in [0.717, 1.165) is 39.2 Å². The van der Waals surface area contributed by atoms with Crippen LogP contribution in [-0.2, 0) is 4.74 Å². The number of morpholine rings is 1. The van der Waals surface area contributed by atoms with E-state index in [-0.39, 0.29) is 12.1 Å². The van der Waals surface area contributed by atoms with E-state index in [1.165, 1.54) is 12.8 Å². The first-order valence-corrected chi connectivity index (χ1v) is 7.27. The van der Waals surface area contributed by atoms with Gasteiger partial charge in [-0.1, -0.05) is 18.5 Å². The number of likely N-dealkylation sites (N-methyl/N-ethyl adjacent to an activating group) is 1.